The summed E-state index contributed by atoms with van der Waals surface area (Å²) in [6, 6.07) is 6.00. The second-order valence-corrected chi connectivity index (χ2v) is 4.41. The minimum absolute atomic E-state index is 0.0665. The monoisotopic (exact) mass is 270 g/mol. The zero-order valence-electron chi connectivity index (χ0n) is 9.88. The van der Waals surface area contributed by atoms with Gasteiger partial charge in [0.1, 0.15) is 11.5 Å². The van der Waals surface area contributed by atoms with Crippen LogP contribution in [0.5, 0.6) is 5.75 Å². The molecule has 0 aromatic heterocycles. The minimum Gasteiger partial charge on any atom is -0.481 e. The van der Waals surface area contributed by atoms with Gasteiger partial charge in [-0.05, 0) is 12.5 Å². The van der Waals surface area contributed by atoms with Gasteiger partial charge >= 0.3 is 12.6 Å². The van der Waals surface area contributed by atoms with Gasteiger partial charge in [-0.25, -0.2) is 0 Å². The Hall–Kier alpha value is -1.98. The first-order valence-corrected chi connectivity index (χ1v) is 5.78. The Bertz CT molecular complexity index is 501. The molecule has 0 amide bonds. The molecule has 1 N–H and O–H groups in total. The number of rotatable bonds is 4. The maximum absolute atomic E-state index is 12.3. The van der Waals surface area contributed by atoms with Crippen LogP contribution in [-0.4, -0.2) is 23.5 Å². The number of Topliss-reactive ketones (excluding diaryl/α,β-unsaturated/α-hetero) is 1. The molecule has 0 bridgehead atoms. The van der Waals surface area contributed by atoms with Crippen molar-refractivity contribution in [3.8, 4) is 5.75 Å². The zero-order chi connectivity index (χ0) is 14.0. The van der Waals surface area contributed by atoms with Gasteiger partial charge in [-0.1, -0.05) is 18.2 Å². The van der Waals surface area contributed by atoms with Crippen molar-refractivity contribution in [3.63, 3.8) is 0 Å². The van der Waals surface area contributed by atoms with Crippen LogP contribution in [0.25, 0.3) is 0 Å². The SMILES string of the molecule is O=C(O)[C@H]1CC(=O)[C@H](c2ccccc2OC(F)F)C1. The van der Waals surface area contributed by atoms with Crippen molar-refractivity contribution in [1.82, 2.24) is 0 Å². The van der Waals surface area contributed by atoms with Gasteiger partial charge in [0.2, 0.25) is 0 Å². The highest BCUT2D eigenvalue weighted by molar-refractivity contribution is 5.93. The average Bonchev–Trinajstić information content (AvgIpc) is 2.71. The fourth-order valence-electron chi connectivity index (χ4n) is 2.34. The molecule has 0 aliphatic heterocycles. The second kappa shape index (κ2) is 5.34. The Morgan fingerprint density at radius 1 is 1.37 bits per heavy atom. The van der Waals surface area contributed by atoms with Crippen LogP contribution in [0.3, 0.4) is 0 Å². The number of carbonyl (C=O) groups is 2. The van der Waals surface area contributed by atoms with Crippen molar-refractivity contribution in [2.24, 2.45) is 5.92 Å². The number of halogens is 2. The van der Waals surface area contributed by atoms with Crippen LogP contribution in [0, 0.1) is 5.92 Å². The molecule has 1 fully saturated rings. The molecule has 1 aromatic carbocycles. The number of ketones is 1. The lowest BCUT2D eigenvalue weighted by molar-refractivity contribution is -0.142. The van der Waals surface area contributed by atoms with Crippen molar-refractivity contribution in [2.45, 2.75) is 25.4 Å². The van der Waals surface area contributed by atoms with Gasteiger partial charge in [0.15, 0.2) is 0 Å². The molecule has 0 radical (unpaired) electrons. The molecule has 0 heterocycles. The van der Waals surface area contributed by atoms with E-state index in [1.165, 1.54) is 18.2 Å². The summed E-state index contributed by atoms with van der Waals surface area (Å²) in [5.41, 5.74) is 0.330. The largest absolute Gasteiger partial charge is 0.481 e. The Morgan fingerprint density at radius 3 is 2.63 bits per heavy atom. The summed E-state index contributed by atoms with van der Waals surface area (Å²) in [7, 11) is 0. The summed E-state index contributed by atoms with van der Waals surface area (Å²) in [6.07, 6.45) is 0.0563. The molecular formula is C13H12F2O4. The lowest BCUT2D eigenvalue weighted by Gasteiger charge is -2.14. The number of carboxylic acids is 1. The van der Waals surface area contributed by atoms with E-state index >= 15 is 0 Å². The van der Waals surface area contributed by atoms with E-state index in [1.807, 2.05) is 0 Å². The van der Waals surface area contributed by atoms with Gasteiger partial charge in [0, 0.05) is 17.9 Å². The predicted molar refractivity (Wildman–Crippen MR) is 61.2 cm³/mol. The van der Waals surface area contributed by atoms with E-state index < -0.39 is 24.4 Å². The Kier molecular flexibility index (Phi) is 3.78. The van der Waals surface area contributed by atoms with Crippen LogP contribution in [0.4, 0.5) is 8.78 Å². The van der Waals surface area contributed by atoms with Gasteiger partial charge < -0.3 is 9.84 Å². The normalized spacial score (nSPS) is 22.8. The first-order valence-electron chi connectivity index (χ1n) is 5.78. The zero-order valence-corrected chi connectivity index (χ0v) is 9.88. The lowest BCUT2D eigenvalue weighted by Crippen LogP contribution is -2.10. The quantitative estimate of drug-likeness (QED) is 0.912. The third-order valence-corrected chi connectivity index (χ3v) is 3.22. The summed E-state index contributed by atoms with van der Waals surface area (Å²) in [5.74, 6) is -2.80. The molecule has 2 atom stereocenters. The number of hydrogen-bond donors (Lipinski definition) is 1. The van der Waals surface area contributed by atoms with E-state index in [0.29, 0.717) is 5.56 Å². The van der Waals surface area contributed by atoms with Gasteiger partial charge in [-0.3, -0.25) is 9.59 Å². The van der Waals surface area contributed by atoms with Crippen LogP contribution in [0.1, 0.15) is 24.3 Å². The molecule has 19 heavy (non-hydrogen) atoms. The maximum atomic E-state index is 12.3. The molecule has 0 spiro atoms. The van der Waals surface area contributed by atoms with E-state index in [2.05, 4.69) is 4.74 Å². The van der Waals surface area contributed by atoms with Crippen molar-refractivity contribution in [1.29, 1.82) is 0 Å². The molecule has 1 saturated carbocycles. The van der Waals surface area contributed by atoms with Gasteiger partial charge in [-0.15, -0.1) is 0 Å². The van der Waals surface area contributed by atoms with E-state index in [1.54, 1.807) is 6.07 Å². The fraction of sp³-hybridized carbons (Fsp3) is 0.385. The number of carboxylic acid groups (broad SMARTS) is 1. The number of alkyl halides is 2. The summed E-state index contributed by atoms with van der Waals surface area (Å²) in [5, 5.41) is 8.91. The molecule has 1 aliphatic carbocycles. The number of hydrogen-bond acceptors (Lipinski definition) is 3. The van der Waals surface area contributed by atoms with Crippen LogP contribution in [0.15, 0.2) is 24.3 Å². The number of para-hydroxylation sites is 1. The highest BCUT2D eigenvalue weighted by Crippen LogP contribution is 2.39. The van der Waals surface area contributed by atoms with Crippen molar-refractivity contribution >= 4 is 11.8 Å². The molecule has 102 valence electrons. The van der Waals surface area contributed by atoms with E-state index in [9.17, 15) is 18.4 Å². The predicted octanol–water partition coefficient (Wildman–Crippen LogP) is 2.44. The number of ether oxygens (including phenoxy) is 1. The molecular weight excluding hydrogens is 258 g/mol. The first-order chi connectivity index (χ1) is 8.99. The van der Waals surface area contributed by atoms with E-state index in [0.717, 1.165) is 0 Å². The number of benzene rings is 1. The maximum Gasteiger partial charge on any atom is 0.387 e. The summed E-state index contributed by atoms with van der Waals surface area (Å²) >= 11 is 0. The molecule has 6 heteroatoms. The standard InChI is InChI=1S/C13H12F2O4/c14-13(15)19-11-4-2-1-3-8(11)9-5-7(12(17)18)6-10(9)16/h1-4,7,9,13H,5-6H2,(H,17,18)/t7-,9+/m1/s1. The van der Waals surface area contributed by atoms with Crippen molar-refractivity contribution in [3.05, 3.63) is 29.8 Å². The second-order valence-electron chi connectivity index (χ2n) is 4.41. The Morgan fingerprint density at radius 2 is 2.05 bits per heavy atom. The first kappa shape index (κ1) is 13.5. The highest BCUT2D eigenvalue weighted by Gasteiger charge is 2.38. The Balaban J connectivity index is 2.27. The van der Waals surface area contributed by atoms with Crippen LogP contribution in [0.2, 0.25) is 0 Å². The molecule has 0 unspecified atom stereocenters. The lowest BCUT2D eigenvalue weighted by atomic mass is 9.95. The summed E-state index contributed by atoms with van der Waals surface area (Å²) < 4.78 is 28.9. The number of aliphatic carboxylic acids is 1. The topological polar surface area (TPSA) is 63.6 Å². The average molecular weight is 270 g/mol. The number of carbonyl (C=O) groups excluding carboxylic acids is 1. The van der Waals surface area contributed by atoms with Crippen LogP contribution < -0.4 is 4.74 Å². The van der Waals surface area contributed by atoms with Crippen molar-refractivity contribution in [2.75, 3.05) is 0 Å². The summed E-state index contributed by atoms with van der Waals surface area (Å²) in [6.45, 7) is -2.98. The van der Waals surface area contributed by atoms with Gasteiger partial charge in [-0.2, -0.15) is 8.78 Å². The van der Waals surface area contributed by atoms with Crippen molar-refractivity contribution < 1.29 is 28.2 Å². The van der Waals surface area contributed by atoms with Gasteiger partial charge in [0.25, 0.3) is 0 Å². The smallest absolute Gasteiger partial charge is 0.387 e. The molecule has 1 aliphatic rings. The molecule has 0 saturated heterocycles. The van der Waals surface area contributed by atoms with Crippen LogP contribution >= 0.6 is 0 Å². The van der Waals surface area contributed by atoms with Gasteiger partial charge in [0.05, 0.1) is 5.92 Å². The van der Waals surface area contributed by atoms with Crippen LogP contribution in [-0.2, 0) is 9.59 Å². The third-order valence-electron chi connectivity index (χ3n) is 3.22. The summed E-state index contributed by atoms with van der Waals surface area (Å²) in [4.78, 5) is 22.7. The highest BCUT2D eigenvalue weighted by atomic mass is 19.3. The molecule has 1 aromatic rings. The molecule has 2 rings (SSSR count). The third kappa shape index (κ3) is 2.89. The van der Waals surface area contributed by atoms with E-state index in [4.69, 9.17) is 5.11 Å². The molecule has 4 nitrogen and oxygen atoms in total. The minimum atomic E-state index is -2.98. The van der Waals surface area contributed by atoms with E-state index in [-0.39, 0.29) is 24.4 Å². The fourth-order valence-corrected chi connectivity index (χ4v) is 2.34. The Labute approximate surface area is 108 Å².